The van der Waals surface area contributed by atoms with Crippen LogP contribution in [-0.2, 0) is 6.54 Å². The molecule has 0 aromatic carbocycles. The van der Waals surface area contributed by atoms with E-state index in [4.69, 9.17) is 0 Å². The van der Waals surface area contributed by atoms with Gasteiger partial charge >= 0.3 is 0 Å². The fraction of sp³-hybridized carbons (Fsp3) is 0.636. The van der Waals surface area contributed by atoms with Crippen LogP contribution in [0.4, 0.5) is 0 Å². The molecule has 4 heteroatoms. The SMILES string of the molecule is CC1NCCN(Cc2csc(Br)c2)C1C. The van der Waals surface area contributed by atoms with E-state index < -0.39 is 0 Å². The second-order valence-electron chi connectivity index (χ2n) is 4.21. The van der Waals surface area contributed by atoms with Gasteiger partial charge in [-0.15, -0.1) is 11.3 Å². The molecule has 0 radical (unpaired) electrons. The van der Waals surface area contributed by atoms with Gasteiger partial charge in [0.15, 0.2) is 0 Å². The van der Waals surface area contributed by atoms with Crippen molar-refractivity contribution in [3.05, 3.63) is 20.8 Å². The molecule has 1 aromatic heterocycles. The molecule has 1 fully saturated rings. The van der Waals surface area contributed by atoms with Crippen molar-refractivity contribution >= 4 is 27.3 Å². The topological polar surface area (TPSA) is 15.3 Å². The fourth-order valence-corrected chi connectivity index (χ4v) is 3.21. The molecular formula is C11H17BrN2S. The predicted octanol–water partition coefficient (Wildman–Crippen LogP) is 2.69. The smallest absolute Gasteiger partial charge is 0.0701 e. The Balaban J connectivity index is 1.99. The van der Waals surface area contributed by atoms with E-state index in [-0.39, 0.29) is 0 Å². The van der Waals surface area contributed by atoms with Gasteiger partial charge in [0.25, 0.3) is 0 Å². The van der Waals surface area contributed by atoms with Crippen LogP contribution in [0.5, 0.6) is 0 Å². The molecule has 2 rings (SSSR count). The van der Waals surface area contributed by atoms with Gasteiger partial charge in [0, 0.05) is 31.7 Å². The van der Waals surface area contributed by atoms with Gasteiger partial charge in [-0.05, 0) is 46.8 Å². The van der Waals surface area contributed by atoms with Gasteiger partial charge < -0.3 is 5.32 Å². The van der Waals surface area contributed by atoms with Crippen LogP contribution in [0.25, 0.3) is 0 Å². The van der Waals surface area contributed by atoms with Crippen LogP contribution in [0.1, 0.15) is 19.4 Å². The molecule has 0 bridgehead atoms. The number of rotatable bonds is 2. The summed E-state index contributed by atoms with van der Waals surface area (Å²) in [6.07, 6.45) is 0. The maximum atomic E-state index is 3.51. The van der Waals surface area contributed by atoms with Crippen LogP contribution in [0.15, 0.2) is 15.2 Å². The summed E-state index contributed by atoms with van der Waals surface area (Å²) in [7, 11) is 0. The molecule has 0 spiro atoms. The Labute approximate surface area is 104 Å². The average molecular weight is 289 g/mol. The van der Waals surface area contributed by atoms with Crippen LogP contribution < -0.4 is 5.32 Å². The Morgan fingerprint density at radius 1 is 1.60 bits per heavy atom. The van der Waals surface area contributed by atoms with E-state index in [0.29, 0.717) is 12.1 Å². The summed E-state index contributed by atoms with van der Waals surface area (Å²) in [4.78, 5) is 2.55. The highest BCUT2D eigenvalue weighted by Crippen LogP contribution is 2.23. The summed E-state index contributed by atoms with van der Waals surface area (Å²) in [5.41, 5.74) is 1.42. The van der Waals surface area contributed by atoms with Gasteiger partial charge in [0.1, 0.15) is 0 Å². The normalized spacial score (nSPS) is 28.2. The molecule has 1 N–H and O–H groups in total. The molecule has 1 saturated heterocycles. The zero-order valence-electron chi connectivity index (χ0n) is 9.16. The van der Waals surface area contributed by atoms with Crippen LogP contribution in [0, 0.1) is 0 Å². The van der Waals surface area contributed by atoms with Crippen LogP contribution >= 0.6 is 27.3 Å². The molecule has 2 nitrogen and oxygen atoms in total. The summed E-state index contributed by atoms with van der Waals surface area (Å²) < 4.78 is 1.23. The maximum Gasteiger partial charge on any atom is 0.0701 e. The molecule has 15 heavy (non-hydrogen) atoms. The van der Waals surface area contributed by atoms with Gasteiger partial charge in [-0.1, -0.05) is 0 Å². The van der Waals surface area contributed by atoms with Crippen molar-refractivity contribution < 1.29 is 0 Å². The standard InChI is InChI=1S/C11H17BrN2S/c1-8-9(2)14(4-3-13-8)6-10-5-11(12)15-7-10/h5,7-9,13H,3-4,6H2,1-2H3. The lowest BCUT2D eigenvalue weighted by Gasteiger charge is -2.38. The van der Waals surface area contributed by atoms with Crippen molar-refractivity contribution in [1.82, 2.24) is 10.2 Å². The number of piperazine rings is 1. The summed E-state index contributed by atoms with van der Waals surface area (Å²) in [5.74, 6) is 0. The fourth-order valence-electron chi connectivity index (χ4n) is 2.01. The van der Waals surface area contributed by atoms with Crippen molar-refractivity contribution in [2.24, 2.45) is 0 Å². The number of nitrogens with one attached hydrogen (secondary N) is 1. The first-order chi connectivity index (χ1) is 7.16. The molecule has 84 valence electrons. The summed E-state index contributed by atoms with van der Waals surface area (Å²) in [6.45, 7) is 7.91. The van der Waals surface area contributed by atoms with E-state index in [1.165, 1.54) is 9.35 Å². The molecule has 1 aromatic rings. The molecular weight excluding hydrogens is 272 g/mol. The first-order valence-electron chi connectivity index (χ1n) is 5.37. The molecule has 1 aliphatic heterocycles. The number of thiophene rings is 1. The van der Waals surface area contributed by atoms with Gasteiger partial charge in [-0.25, -0.2) is 0 Å². The zero-order valence-corrected chi connectivity index (χ0v) is 11.6. The average Bonchev–Trinajstić information content (AvgIpc) is 2.59. The molecule has 0 amide bonds. The summed E-state index contributed by atoms with van der Waals surface area (Å²) >= 11 is 5.28. The minimum absolute atomic E-state index is 0.598. The minimum atomic E-state index is 0.598. The highest BCUT2D eigenvalue weighted by Gasteiger charge is 2.24. The predicted molar refractivity (Wildman–Crippen MR) is 69.4 cm³/mol. The van der Waals surface area contributed by atoms with Gasteiger partial charge in [-0.3, -0.25) is 4.90 Å². The number of hydrogen-bond acceptors (Lipinski definition) is 3. The first kappa shape index (κ1) is 11.6. The van der Waals surface area contributed by atoms with E-state index in [9.17, 15) is 0 Å². The lowest BCUT2D eigenvalue weighted by Crippen LogP contribution is -2.54. The van der Waals surface area contributed by atoms with Crippen LogP contribution in [0.3, 0.4) is 0 Å². The van der Waals surface area contributed by atoms with Crippen LogP contribution in [-0.4, -0.2) is 30.1 Å². The first-order valence-corrected chi connectivity index (χ1v) is 7.04. The van der Waals surface area contributed by atoms with Crippen molar-refractivity contribution in [3.63, 3.8) is 0 Å². The van der Waals surface area contributed by atoms with Crippen LogP contribution in [0.2, 0.25) is 0 Å². The molecule has 2 atom stereocenters. The van der Waals surface area contributed by atoms with Gasteiger partial charge in [0.05, 0.1) is 3.79 Å². The Bertz CT molecular complexity index is 326. The highest BCUT2D eigenvalue weighted by atomic mass is 79.9. The second kappa shape index (κ2) is 4.95. The minimum Gasteiger partial charge on any atom is -0.311 e. The third-order valence-corrected chi connectivity index (χ3v) is 4.73. The molecule has 2 unspecified atom stereocenters. The van der Waals surface area contributed by atoms with E-state index >= 15 is 0 Å². The van der Waals surface area contributed by atoms with Crippen molar-refractivity contribution in [2.75, 3.05) is 13.1 Å². The van der Waals surface area contributed by atoms with E-state index in [2.05, 4.69) is 51.4 Å². The molecule has 1 aliphatic rings. The largest absolute Gasteiger partial charge is 0.311 e. The quantitative estimate of drug-likeness (QED) is 0.900. The van der Waals surface area contributed by atoms with E-state index in [0.717, 1.165) is 19.6 Å². The Morgan fingerprint density at radius 3 is 3.07 bits per heavy atom. The molecule has 0 aliphatic carbocycles. The van der Waals surface area contributed by atoms with E-state index in [1.54, 1.807) is 11.3 Å². The Morgan fingerprint density at radius 2 is 2.40 bits per heavy atom. The van der Waals surface area contributed by atoms with Crippen molar-refractivity contribution in [1.29, 1.82) is 0 Å². The number of halogens is 1. The lowest BCUT2D eigenvalue weighted by molar-refractivity contribution is 0.131. The number of hydrogen-bond donors (Lipinski definition) is 1. The molecule has 0 saturated carbocycles. The summed E-state index contributed by atoms with van der Waals surface area (Å²) in [6, 6.07) is 3.45. The van der Waals surface area contributed by atoms with Gasteiger partial charge in [-0.2, -0.15) is 0 Å². The third kappa shape index (κ3) is 2.81. The lowest BCUT2D eigenvalue weighted by atomic mass is 10.1. The Kier molecular flexibility index (Phi) is 3.83. The molecule has 2 heterocycles. The van der Waals surface area contributed by atoms with Gasteiger partial charge in [0.2, 0.25) is 0 Å². The van der Waals surface area contributed by atoms with Crippen molar-refractivity contribution in [3.8, 4) is 0 Å². The highest BCUT2D eigenvalue weighted by molar-refractivity contribution is 9.11. The zero-order chi connectivity index (χ0) is 10.8. The third-order valence-electron chi connectivity index (χ3n) is 3.17. The second-order valence-corrected chi connectivity index (χ2v) is 6.50. The summed E-state index contributed by atoms with van der Waals surface area (Å²) in [5, 5.41) is 5.74. The monoisotopic (exact) mass is 288 g/mol. The van der Waals surface area contributed by atoms with Crippen molar-refractivity contribution in [2.45, 2.75) is 32.5 Å². The Hall–Kier alpha value is 0.100. The number of nitrogens with zero attached hydrogens (tertiary/aromatic N) is 1. The maximum absolute atomic E-state index is 3.51. The van der Waals surface area contributed by atoms with E-state index in [1.807, 2.05) is 0 Å².